The molecule has 0 radical (unpaired) electrons. The predicted molar refractivity (Wildman–Crippen MR) is 77.3 cm³/mol. The molecule has 0 aromatic carbocycles. The van der Waals surface area contributed by atoms with Gasteiger partial charge in [-0.15, -0.1) is 0 Å². The average molecular weight is 267 g/mol. The molecule has 0 bridgehead atoms. The van der Waals surface area contributed by atoms with E-state index < -0.39 is 11.5 Å². The maximum absolute atomic E-state index is 11.7. The zero-order chi connectivity index (χ0) is 14.1. The molecule has 110 valence electrons. The third-order valence-electron chi connectivity index (χ3n) is 5.39. The molecule has 2 aliphatic rings. The van der Waals surface area contributed by atoms with Gasteiger partial charge in [-0.1, -0.05) is 20.3 Å². The van der Waals surface area contributed by atoms with Crippen molar-refractivity contribution in [3.8, 4) is 0 Å². The molecule has 2 atom stereocenters. The monoisotopic (exact) mass is 267 g/mol. The van der Waals surface area contributed by atoms with Crippen LogP contribution >= 0.6 is 0 Å². The van der Waals surface area contributed by atoms with Crippen LogP contribution in [-0.2, 0) is 4.79 Å². The summed E-state index contributed by atoms with van der Waals surface area (Å²) in [6.07, 6.45) is 9.10. The van der Waals surface area contributed by atoms with E-state index in [1.54, 1.807) is 0 Å². The van der Waals surface area contributed by atoms with Gasteiger partial charge < -0.3 is 5.11 Å². The van der Waals surface area contributed by atoms with Crippen LogP contribution in [0.15, 0.2) is 0 Å². The summed E-state index contributed by atoms with van der Waals surface area (Å²) in [6, 6.07) is 0.475. The number of nitrogens with zero attached hydrogens (tertiary/aromatic N) is 1. The van der Waals surface area contributed by atoms with E-state index in [2.05, 4.69) is 18.7 Å². The number of likely N-dealkylation sites (tertiary alicyclic amines) is 1. The Morgan fingerprint density at radius 3 is 2.47 bits per heavy atom. The van der Waals surface area contributed by atoms with Crippen LogP contribution in [0.5, 0.6) is 0 Å². The van der Waals surface area contributed by atoms with E-state index in [0.29, 0.717) is 11.5 Å². The highest BCUT2D eigenvalue weighted by Gasteiger charge is 2.44. The van der Waals surface area contributed by atoms with Crippen LogP contribution in [0.4, 0.5) is 0 Å². The SMILES string of the molecule is CC1(C)CCCC(N2CCCCC2(C)C(=O)O)CC1. The number of carboxylic acid groups (broad SMARTS) is 1. The molecule has 1 aliphatic carbocycles. The van der Waals surface area contributed by atoms with Crippen LogP contribution in [0.25, 0.3) is 0 Å². The fourth-order valence-corrected chi connectivity index (χ4v) is 3.91. The number of rotatable bonds is 2. The quantitative estimate of drug-likeness (QED) is 0.776. The standard InChI is InChI=1S/C16H29NO2/c1-15(2)9-6-7-13(8-11-15)17-12-5-4-10-16(17,3)14(18)19/h13H,4-12H2,1-3H3,(H,18,19). The number of piperidine rings is 1. The number of aliphatic carboxylic acids is 1. The normalized spacial score (nSPS) is 36.7. The van der Waals surface area contributed by atoms with Gasteiger partial charge in [0, 0.05) is 6.04 Å². The minimum atomic E-state index is -0.629. The van der Waals surface area contributed by atoms with Crippen LogP contribution < -0.4 is 0 Å². The van der Waals surface area contributed by atoms with Gasteiger partial charge >= 0.3 is 5.97 Å². The topological polar surface area (TPSA) is 40.5 Å². The summed E-state index contributed by atoms with van der Waals surface area (Å²) in [6.45, 7) is 7.60. The summed E-state index contributed by atoms with van der Waals surface area (Å²) in [5.74, 6) is -0.629. The number of hydrogen-bond acceptors (Lipinski definition) is 2. The Balaban J connectivity index is 2.12. The molecule has 1 aliphatic heterocycles. The lowest BCUT2D eigenvalue weighted by Crippen LogP contribution is -2.58. The highest BCUT2D eigenvalue weighted by atomic mass is 16.4. The van der Waals surface area contributed by atoms with Gasteiger partial charge in [-0.3, -0.25) is 9.69 Å². The predicted octanol–water partition coefficient (Wildman–Crippen LogP) is 3.67. The summed E-state index contributed by atoms with van der Waals surface area (Å²) in [5, 5.41) is 9.63. The van der Waals surface area contributed by atoms with Crippen molar-refractivity contribution >= 4 is 5.97 Å². The first-order valence-electron chi connectivity index (χ1n) is 7.85. The second-order valence-electron chi connectivity index (χ2n) is 7.48. The van der Waals surface area contributed by atoms with E-state index in [1.807, 2.05) is 6.92 Å². The van der Waals surface area contributed by atoms with E-state index in [0.717, 1.165) is 32.2 Å². The molecule has 2 rings (SSSR count). The molecule has 19 heavy (non-hydrogen) atoms. The van der Waals surface area contributed by atoms with E-state index in [4.69, 9.17) is 0 Å². The summed E-state index contributed by atoms with van der Waals surface area (Å²) in [7, 11) is 0. The molecule has 0 aromatic rings. The smallest absolute Gasteiger partial charge is 0.323 e. The van der Waals surface area contributed by atoms with Crippen LogP contribution in [0.2, 0.25) is 0 Å². The molecule has 1 N–H and O–H groups in total. The summed E-state index contributed by atoms with van der Waals surface area (Å²) in [4.78, 5) is 14.0. The van der Waals surface area contributed by atoms with Gasteiger partial charge in [0.25, 0.3) is 0 Å². The lowest BCUT2D eigenvalue weighted by molar-refractivity contribution is -0.155. The van der Waals surface area contributed by atoms with Crippen LogP contribution in [0.3, 0.4) is 0 Å². The molecule has 0 aromatic heterocycles. The van der Waals surface area contributed by atoms with Gasteiger partial charge in [-0.05, 0) is 63.8 Å². The van der Waals surface area contributed by atoms with Gasteiger partial charge in [0.05, 0.1) is 0 Å². The third-order valence-corrected chi connectivity index (χ3v) is 5.39. The van der Waals surface area contributed by atoms with Crippen molar-refractivity contribution in [2.75, 3.05) is 6.54 Å². The van der Waals surface area contributed by atoms with Crippen LogP contribution in [-0.4, -0.2) is 34.1 Å². The molecule has 0 spiro atoms. The molecule has 1 saturated carbocycles. The van der Waals surface area contributed by atoms with Crippen molar-refractivity contribution in [1.29, 1.82) is 0 Å². The average Bonchev–Trinajstić information content (AvgIpc) is 2.51. The van der Waals surface area contributed by atoms with E-state index in [9.17, 15) is 9.90 Å². The van der Waals surface area contributed by atoms with Crippen molar-refractivity contribution in [2.24, 2.45) is 5.41 Å². The van der Waals surface area contributed by atoms with Gasteiger partial charge in [-0.2, -0.15) is 0 Å². The number of carbonyl (C=O) groups is 1. The molecule has 3 heteroatoms. The summed E-state index contributed by atoms with van der Waals surface area (Å²) < 4.78 is 0. The minimum Gasteiger partial charge on any atom is -0.480 e. The molecule has 1 saturated heterocycles. The zero-order valence-electron chi connectivity index (χ0n) is 12.7. The van der Waals surface area contributed by atoms with Crippen molar-refractivity contribution in [1.82, 2.24) is 4.90 Å². The lowest BCUT2D eigenvalue weighted by Gasteiger charge is -2.46. The third kappa shape index (κ3) is 3.13. The molecule has 2 unspecified atom stereocenters. The van der Waals surface area contributed by atoms with Gasteiger partial charge in [0.2, 0.25) is 0 Å². The Morgan fingerprint density at radius 2 is 1.79 bits per heavy atom. The van der Waals surface area contributed by atoms with Crippen molar-refractivity contribution in [2.45, 2.75) is 83.7 Å². The Labute approximate surface area is 117 Å². The largest absolute Gasteiger partial charge is 0.480 e. The molecule has 2 fully saturated rings. The highest BCUT2D eigenvalue weighted by Crippen LogP contribution is 2.39. The molecular formula is C16H29NO2. The fraction of sp³-hybridized carbons (Fsp3) is 0.938. The zero-order valence-corrected chi connectivity index (χ0v) is 12.7. The summed E-state index contributed by atoms with van der Waals surface area (Å²) >= 11 is 0. The van der Waals surface area contributed by atoms with Gasteiger partial charge in [0.1, 0.15) is 5.54 Å². The Morgan fingerprint density at radius 1 is 1.05 bits per heavy atom. The maximum atomic E-state index is 11.7. The van der Waals surface area contributed by atoms with Gasteiger partial charge in [-0.25, -0.2) is 0 Å². The fourth-order valence-electron chi connectivity index (χ4n) is 3.91. The van der Waals surface area contributed by atoms with E-state index in [-0.39, 0.29) is 0 Å². The van der Waals surface area contributed by atoms with Crippen molar-refractivity contribution in [3.05, 3.63) is 0 Å². The lowest BCUT2D eigenvalue weighted by atomic mass is 9.84. The molecule has 3 nitrogen and oxygen atoms in total. The first kappa shape index (κ1) is 14.8. The van der Waals surface area contributed by atoms with Gasteiger partial charge in [0.15, 0.2) is 0 Å². The Kier molecular flexibility index (Phi) is 4.24. The first-order valence-corrected chi connectivity index (χ1v) is 7.85. The minimum absolute atomic E-state index is 0.435. The van der Waals surface area contributed by atoms with Crippen molar-refractivity contribution < 1.29 is 9.90 Å². The van der Waals surface area contributed by atoms with Crippen molar-refractivity contribution in [3.63, 3.8) is 0 Å². The second kappa shape index (κ2) is 5.43. The Hall–Kier alpha value is -0.570. The Bertz CT molecular complexity index is 340. The van der Waals surface area contributed by atoms with E-state index in [1.165, 1.54) is 25.7 Å². The molecular weight excluding hydrogens is 238 g/mol. The molecule has 1 heterocycles. The highest BCUT2D eigenvalue weighted by molar-refractivity contribution is 5.78. The van der Waals surface area contributed by atoms with E-state index >= 15 is 0 Å². The summed E-state index contributed by atoms with van der Waals surface area (Å²) in [5.41, 5.74) is -0.193. The van der Waals surface area contributed by atoms with Crippen LogP contribution in [0.1, 0.15) is 72.1 Å². The van der Waals surface area contributed by atoms with Crippen LogP contribution in [0, 0.1) is 5.41 Å². The number of hydrogen-bond donors (Lipinski definition) is 1. The molecule has 0 amide bonds. The second-order valence-corrected chi connectivity index (χ2v) is 7.48. The maximum Gasteiger partial charge on any atom is 0.323 e. The first-order chi connectivity index (χ1) is 8.85. The number of carboxylic acids is 1.